The Morgan fingerprint density at radius 2 is 2.21 bits per heavy atom. The summed E-state index contributed by atoms with van der Waals surface area (Å²) in [4.78, 5) is 41.0. The smallest absolute Gasteiger partial charge is 0.376 e. The molecule has 0 saturated carbocycles. The first kappa shape index (κ1) is 15.9. The number of nitrogens with zero attached hydrogens (tertiary/aromatic N) is 4. The third kappa shape index (κ3) is 2.38. The predicted octanol–water partition coefficient (Wildman–Crippen LogP) is 0.992. The number of fused-ring (bicyclic) bond motifs is 1. The second-order valence-electron chi connectivity index (χ2n) is 6.00. The van der Waals surface area contributed by atoms with Crippen LogP contribution in [-0.4, -0.2) is 40.5 Å². The number of hydrogen-bond acceptors (Lipinski definition) is 7. The fourth-order valence-electron chi connectivity index (χ4n) is 3.00. The van der Waals surface area contributed by atoms with Crippen molar-refractivity contribution < 1.29 is 14.5 Å². The molecule has 0 bridgehead atoms. The first-order valence-electron chi connectivity index (χ1n) is 7.36. The summed E-state index contributed by atoms with van der Waals surface area (Å²) in [5.74, 6) is -0.394. The topological polar surface area (TPSA) is 107 Å². The summed E-state index contributed by atoms with van der Waals surface area (Å²) in [5, 5.41) is 11.4. The van der Waals surface area contributed by atoms with Crippen molar-refractivity contribution in [3.8, 4) is 0 Å². The van der Waals surface area contributed by atoms with Crippen LogP contribution in [0.1, 0.15) is 13.3 Å². The zero-order chi connectivity index (χ0) is 17.5. The SMILES string of the molecule is COC(=O)C1(C)CCN(c2nc3ccccn3c(=O)c2[N+](=O)[O-])C1. The van der Waals surface area contributed by atoms with Crippen LogP contribution in [-0.2, 0) is 9.53 Å². The van der Waals surface area contributed by atoms with E-state index in [4.69, 9.17) is 4.74 Å². The van der Waals surface area contributed by atoms with Crippen LogP contribution in [0, 0.1) is 15.5 Å². The molecule has 9 nitrogen and oxygen atoms in total. The Bertz CT molecular complexity index is 893. The molecule has 0 N–H and O–H groups in total. The Morgan fingerprint density at radius 3 is 2.88 bits per heavy atom. The summed E-state index contributed by atoms with van der Waals surface area (Å²) >= 11 is 0. The van der Waals surface area contributed by atoms with E-state index in [1.54, 1.807) is 30.0 Å². The molecule has 9 heteroatoms. The van der Waals surface area contributed by atoms with Gasteiger partial charge in [0.2, 0.25) is 5.82 Å². The van der Waals surface area contributed by atoms with Crippen molar-refractivity contribution in [2.24, 2.45) is 5.41 Å². The van der Waals surface area contributed by atoms with E-state index in [-0.39, 0.29) is 18.3 Å². The molecule has 0 spiro atoms. The summed E-state index contributed by atoms with van der Waals surface area (Å²) in [6.07, 6.45) is 1.90. The van der Waals surface area contributed by atoms with E-state index in [9.17, 15) is 19.7 Å². The molecule has 126 valence electrons. The molecule has 1 aliphatic rings. The Kier molecular flexibility index (Phi) is 3.70. The van der Waals surface area contributed by atoms with Crippen molar-refractivity contribution in [1.82, 2.24) is 9.38 Å². The number of esters is 1. The van der Waals surface area contributed by atoms with Gasteiger partial charge in [-0.3, -0.25) is 24.1 Å². The van der Waals surface area contributed by atoms with Crippen LogP contribution in [0.4, 0.5) is 11.5 Å². The molecule has 1 atom stereocenters. The van der Waals surface area contributed by atoms with Gasteiger partial charge < -0.3 is 9.64 Å². The van der Waals surface area contributed by atoms with Gasteiger partial charge in [-0.15, -0.1) is 0 Å². The van der Waals surface area contributed by atoms with Gasteiger partial charge in [-0.2, -0.15) is 0 Å². The van der Waals surface area contributed by atoms with Crippen molar-refractivity contribution in [2.75, 3.05) is 25.1 Å². The molecule has 1 saturated heterocycles. The maximum atomic E-state index is 12.5. The van der Waals surface area contributed by atoms with Crippen LogP contribution in [0.5, 0.6) is 0 Å². The quantitative estimate of drug-likeness (QED) is 0.468. The molecule has 1 fully saturated rings. The van der Waals surface area contributed by atoms with Crippen molar-refractivity contribution >= 4 is 23.1 Å². The maximum absolute atomic E-state index is 12.5. The number of methoxy groups -OCH3 is 1. The normalized spacial score (nSPS) is 20.3. The Hall–Kier alpha value is -2.97. The predicted molar refractivity (Wildman–Crippen MR) is 85.1 cm³/mol. The minimum absolute atomic E-state index is 0.0103. The Balaban J connectivity index is 2.13. The molecule has 1 aliphatic heterocycles. The van der Waals surface area contributed by atoms with Gasteiger partial charge in [-0.1, -0.05) is 6.07 Å². The molecule has 3 heterocycles. The number of aromatic nitrogens is 2. The summed E-state index contributed by atoms with van der Waals surface area (Å²) in [6.45, 7) is 2.32. The fraction of sp³-hybridized carbons (Fsp3) is 0.400. The van der Waals surface area contributed by atoms with Gasteiger partial charge >= 0.3 is 17.2 Å². The van der Waals surface area contributed by atoms with E-state index in [2.05, 4.69) is 4.98 Å². The number of anilines is 1. The van der Waals surface area contributed by atoms with Gasteiger partial charge in [0.25, 0.3) is 0 Å². The number of carbonyl (C=O) groups is 1. The summed E-state index contributed by atoms with van der Waals surface area (Å²) in [6, 6.07) is 4.90. The van der Waals surface area contributed by atoms with Crippen LogP contribution >= 0.6 is 0 Å². The third-order valence-electron chi connectivity index (χ3n) is 4.33. The molecule has 3 rings (SSSR count). The van der Waals surface area contributed by atoms with Gasteiger partial charge in [-0.25, -0.2) is 4.98 Å². The number of hydrogen-bond donors (Lipinski definition) is 0. The van der Waals surface area contributed by atoms with Gasteiger partial charge in [0.05, 0.1) is 17.4 Å². The molecule has 0 aliphatic carbocycles. The van der Waals surface area contributed by atoms with Crippen LogP contribution in [0.3, 0.4) is 0 Å². The second kappa shape index (κ2) is 5.59. The van der Waals surface area contributed by atoms with E-state index in [1.807, 2.05) is 0 Å². The van der Waals surface area contributed by atoms with Crippen molar-refractivity contribution in [3.63, 3.8) is 0 Å². The lowest BCUT2D eigenvalue weighted by molar-refractivity contribution is -0.385. The molecule has 2 aromatic rings. The molecule has 1 unspecified atom stereocenters. The van der Waals surface area contributed by atoms with E-state index < -0.39 is 21.6 Å². The van der Waals surface area contributed by atoms with Crippen LogP contribution in [0.2, 0.25) is 0 Å². The summed E-state index contributed by atoms with van der Waals surface area (Å²) < 4.78 is 5.94. The first-order chi connectivity index (χ1) is 11.4. The monoisotopic (exact) mass is 332 g/mol. The zero-order valence-electron chi connectivity index (χ0n) is 13.3. The highest BCUT2D eigenvalue weighted by atomic mass is 16.6. The van der Waals surface area contributed by atoms with Crippen LogP contribution < -0.4 is 10.5 Å². The molecular weight excluding hydrogens is 316 g/mol. The average molecular weight is 332 g/mol. The van der Waals surface area contributed by atoms with E-state index >= 15 is 0 Å². The molecule has 24 heavy (non-hydrogen) atoms. The summed E-state index contributed by atoms with van der Waals surface area (Å²) in [7, 11) is 1.30. The van der Waals surface area contributed by atoms with Gasteiger partial charge in [0, 0.05) is 19.3 Å². The second-order valence-corrected chi connectivity index (χ2v) is 6.00. The van der Waals surface area contributed by atoms with E-state index in [0.29, 0.717) is 18.6 Å². The molecule has 0 radical (unpaired) electrons. The zero-order valence-corrected chi connectivity index (χ0v) is 13.3. The number of nitro groups is 1. The van der Waals surface area contributed by atoms with Gasteiger partial charge in [-0.05, 0) is 25.5 Å². The molecule has 0 amide bonds. The highest BCUT2D eigenvalue weighted by Crippen LogP contribution is 2.36. The maximum Gasteiger partial charge on any atom is 0.376 e. The van der Waals surface area contributed by atoms with Crippen molar-refractivity contribution in [3.05, 3.63) is 44.9 Å². The number of rotatable bonds is 3. The third-order valence-corrected chi connectivity index (χ3v) is 4.33. The highest BCUT2D eigenvalue weighted by Gasteiger charge is 2.44. The van der Waals surface area contributed by atoms with Gasteiger partial charge in [0.1, 0.15) is 5.65 Å². The number of carbonyl (C=O) groups excluding carboxylic acids is 1. The minimum atomic E-state index is -0.786. The first-order valence-corrected chi connectivity index (χ1v) is 7.36. The Morgan fingerprint density at radius 1 is 1.46 bits per heavy atom. The molecule has 0 aromatic carbocycles. The standard InChI is InChI=1S/C15H16N4O5/c1-15(14(21)24-2)6-8-17(9-15)12-11(19(22)23)13(20)18-7-4-3-5-10(18)16-12/h3-5,7H,6,8-9H2,1-2H3. The Labute approximate surface area is 136 Å². The lowest BCUT2D eigenvalue weighted by Gasteiger charge is -2.22. The van der Waals surface area contributed by atoms with Crippen molar-refractivity contribution in [1.29, 1.82) is 0 Å². The highest BCUT2D eigenvalue weighted by molar-refractivity contribution is 5.78. The van der Waals surface area contributed by atoms with E-state index in [0.717, 1.165) is 4.40 Å². The average Bonchev–Trinajstić information content (AvgIpc) is 2.97. The van der Waals surface area contributed by atoms with Crippen LogP contribution in [0.15, 0.2) is 29.2 Å². The van der Waals surface area contributed by atoms with Crippen molar-refractivity contribution in [2.45, 2.75) is 13.3 Å². The number of ether oxygens (including phenoxy) is 1. The summed E-state index contributed by atoms with van der Waals surface area (Å²) in [5.41, 5.74) is -1.80. The molecule has 2 aromatic heterocycles. The lowest BCUT2D eigenvalue weighted by Crippen LogP contribution is -2.34. The number of pyridine rings is 1. The van der Waals surface area contributed by atoms with E-state index in [1.165, 1.54) is 13.3 Å². The van der Waals surface area contributed by atoms with Crippen LogP contribution in [0.25, 0.3) is 5.65 Å². The largest absolute Gasteiger partial charge is 0.469 e. The van der Waals surface area contributed by atoms with Gasteiger partial charge in [0.15, 0.2) is 0 Å². The molecular formula is C15H16N4O5. The minimum Gasteiger partial charge on any atom is -0.469 e. The fourth-order valence-corrected chi connectivity index (χ4v) is 3.00. The lowest BCUT2D eigenvalue weighted by atomic mass is 9.90.